The molecule has 0 atom stereocenters. The molecule has 0 spiro atoms. The Kier molecular flexibility index (Phi) is 3.69. The fourth-order valence-electron chi connectivity index (χ4n) is 1.87. The Bertz CT molecular complexity index is 604. The van der Waals surface area contributed by atoms with E-state index < -0.39 is 23.5 Å². The Labute approximate surface area is 113 Å². The predicted molar refractivity (Wildman–Crippen MR) is 64.6 cm³/mol. The van der Waals surface area contributed by atoms with Crippen molar-refractivity contribution in [2.24, 2.45) is 0 Å². The van der Waals surface area contributed by atoms with E-state index in [0.717, 1.165) is 12.1 Å². The standard InChI is InChI=1S/C13H11F2NO4/c1-20-10-3-2-8(14)4-9(10)12(17)16-5-7(6-16)11(15)13(18)19/h2-4H,5-6H2,1H3,(H,18,19). The van der Waals surface area contributed by atoms with Gasteiger partial charge in [0.2, 0.25) is 5.83 Å². The lowest BCUT2D eigenvalue weighted by Crippen LogP contribution is -2.45. The van der Waals surface area contributed by atoms with Crippen molar-refractivity contribution >= 4 is 11.9 Å². The second-order valence-electron chi connectivity index (χ2n) is 4.23. The Morgan fingerprint density at radius 2 is 2.00 bits per heavy atom. The maximum absolute atomic E-state index is 13.2. The number of benzene rings is 1. The molecular weight excluding hydrogens is 272 g/mol. The summed E-state index contributed by atoms with van der Waals surface area (Å²) < 4.78 is 31.2. The van der Waals surface area contributed by atoms with Crippen molar-refractivity contribution < 1.29 is 28.2 Å². The van der Waals surface area contributed by atoms with Crippen molar-refractivity contribution in [2.45, 2.75) is 0 Å². The number of carboxylic acid groups (broad SMARTS) is 1. The van der Waals surface area contributed by atoms with Gasteiger partial charge in [-0.2, -0.15) is 4.39 Å². The lowest BCUT2D eigenvalue weighted by Gasteiger charge is -2.34. The maximum Gasteiger partial charge on any atom is 0.364 e. The van der Waals surface area contributed by atoms with E-state index >= 15 is 0 Å². The minimum absolute atomic E-state index is 0.0160. The monoisotopic (exact) mass is 283 g/mol. The Balaban J connectivity index is 2.18. The van der Waals surface area contributed by atoms with Crippen LogP contribution in [-0.2, 0) is 4.79 Å². The number of hydrogen-bond donors (Lipinski definition) is 1. The largest absolute Gasteiger partial charge is 0.496 e. The molecule has 1 aromatic rings. The van der Waals surface area contributed by atoms with Crippen LogP contribution in [0.2, 0.25) is 0 Å². The topological polar surface area (TPSA) is 66.8 Å². The number of rotatable bonds is 3. The molecule has 5 nitrogen and oxygen atoms in total. The molecule has 0 aromatic heterocycles. The highest BCUT2D eigenvalue weighted by molar-refractivity contribution is 5.98. The van der Waals surface area contributed by atoms with E-state index in [9.17, 15) is 18.4 Å². The van der Waals surface area contributed by atoms with E-state index in [0.29, 0.717) is 0 Å². The molecule has 0 unspecified atom stereocenters. The Morgan fingerprint density at radius 1 is 1.35 bits per heavy atom. The lowest BCUT2D eigenvalue weighted by atomic mass is 10.0. The molecule has 1 amide bonds. The number of hydrogen-bond acceptors (Lipinski definition) is 3. The summed E-state index contributed by atoms with van der Waals surface area (Å²) in [6.45, 7) is -0.257. The van der Waals surface area contributed by atoms with Gasteiger partial charge in [-0.05, 0) is 18.2 Å². The molecule has 0 bridgehead atoms. The summed E-state index contributed by atoms with van der Waals surface area (Å²) in [5, 5.41) is 8.47. The quantitative estimate of drug-likeness (QED) is 0.856. The van der Waals surface area contributed by atoms with Gasteiger partial charge in [-0.3, -0.25) is 4.79 Å². The molecule has 1 heterocycles. The van der Waals surface area contributed by atoms with E-state index in [1.807, 2.05) is 0 Å². The Hall–Kier alpha value is -2.44. The molecule has 1 fully saturated rings. The number of aliphatic carboxylic acids is 1. The zero-order chi connectivity index (χ0) is 14.9. The molecule has 1 aliphatic rings. The highest BCUT2D eigenvalue weighted by atomic mass is 19.1. The average molecular weight is 283 g/mol. The first-order valence-electron chi connectivity index (χ1n) is 5.67. The molecule has 7 heteroatoms. The number of carbonyl (C=O) groups is 2. The lowest BCUT2D eigenvalue weighted by molar-refractivity contribution is -0.134. The molecule has 2 rings (SSSR count). The zero-order valence-electron chi connectivity index (χ0n) is 10.5. The predicted octanol–water partition coefficient (Wildman–Crippen LogP) is 1.60. The van der Waals surface area contributed by atoms with E-state index in [4.69, 9.17) is 9.84 Å². The maximum atomic E-state index is 13.2. The van der Waals surface area contributed by atoms with Crippen molar-refractivity contribution in [3.8, 4) is 5.75 Å². The van der Waals surface area contributed by atoms with Crippen LogP contribution >= 0.6 is 0 Å². The van der Waals surface area contributed by atoms with Gasteiger partial charge in [0.15, 0.2) is 0 Å². The van der Waals surface area contributed by atoms with Crippen molar-refractivity contribution in [2.75, 3.05) is 20.2 Å². The second-order valence-corrected chi connectivity index (χ2v) is 4.23. The van der Waals surface area contributed by atoms with Crippen molar-refractivity contribution in [1.29, 1.82) is 0 Å². The van der Waals surface area contributed by atoms with Crippen LogP contribution in [0.1, 0.15) is 10.4 Å². The molecule has 0 aliphatic carbocycles. The van der Waals surface area contributed by atoms with Crippen LogP contribution < -0.4 is 4.74 Å². The fourth-order valence-corrected chi connectivity index (χ4v) is 1.87. The van der Waals surface area contributed by atoms with Gasteiger partial charge in [0.05, 0.1) is 12.7 Å². The molecule has 0 saturated carbocycles. The SMILES string of the molecule is COc1ccc(F)cc1C(=O)N1CC(=C(F)C(=O)O)C1. The smallest absolute Gasteiger partial charge is 0.364 e. The van der Waals surface area contributed by atoms with Crippen LogP contribution in [0, 0.1) is 5.82 Å². The first kappa shape index (κ1) is 14.0. The summed E-state index contributed by atoms with van der Waals surface area (Å²) in [5.41, 5.74) is 0.0449. The highest BCUT2D eigenvalue weighted by Gasteiger charge is 2.32. The Morgan fingerprint density at radius 3 is 2.55 bits per heavy atom. The molecular formula is C13H11F2NO4. The van der Waals surface area contributed by atoms with Gasteiger partial charge in [0.1, 0.15) is 11.6 Å². The van der Waals surface area contributed by atoms with Crippen molar-refractivity contribution in [3.05, 3.63) is 41.0 Å². The third-order valence-electron chi connectivity index (χ3n) is 2.94. The van der Waals surface area contributed by atoms with Gasteiger partial charge in [-0.1, -0.05) is 0 Å². The van der Waals surface area contributed by atoms with E-state index in [2.05, 4.69) is 0 Å². The second kappa shape index (κ2) is 5.28. The van der Waals surface area contributed by atoms with E-state index in [1.165, 1.54) is 18.1 Å². The highest BCUT2D eigenvalue weighted by Crippen LogP contribution is 2.26. The van der Waals surface area contributed by atoms with Crippen LogP contribution in [0.5, 0.6) is 5.75 Å². The third-order valence-corrected chi connectivity index (χ3v) is 2.94. The number of amides is 1. The summed E-state index contributed by atoms with van der Waals surface area (Å²) in [7, 11) is 1.34. The van der Waals surface area contributed by atoms with Gasteiger partial charge in [-0.15, -0.1) is 0 Å². The number of carboxylic acids is 1. The molecule has 20 heavy (non-hydrogen) atoms. The molecule has 1 N–H and O–H groups in total. The van der Waals surface area contributed by atoms with E-state index in [-0.39, 0.29) is 30.0 Å². The van der Waals surface area contributed by atoms with Gasteiger partial charge < -0.3 is 14.7 Å². The van der Waals surface area contributed by atoms with Crippen molar-refractivity contribution in [1.82, 2.24) is 4.90 Å². The van der Waals surface area contributed by atoms with Gasteiger partial charge in [0, 0.05) is 18.7 Å². The first-order valence-corrected chi connectivity index (χ1v) is 5.67. The third kappa shape index (κ3) is 2.47. The average Bonchev–Trinajstić information content (AvgIpc) is 2.36. The summed E-state index contributed by atoms with van der Waals surface area (Å²) in [5.74, 6) is -3.84. The molecule has 1 saturated heterocycles. The zero-order valence-corrected chi connectivity index (χ0v) is 10.5. The summed E-state index contributed by atoms with van der Waals surface area (Å²) in [6, 6.07) is 3.49. The first-order chi connectivity index (χ1) is 9.43. The number of nitrogens with zero attached hydrogens (tertiary/aromatic N) is 1. The van der Waals surface area contributed by atoms with Crippen LogP contribution in [0.15, 0.2) is 29.6 Å². The molecule has 1 aliphatic heterocycles. The van der Waals surface area contributed by atoms with Crippen molar-refractivity contribution in [3.63, 3.8) is 0 Å². The number of likely N-dealkylation sites (tertiary alicyclic amines) is 1. The number of carbonyl (C=O) groups excluding carboxylic acids is 1. The van der Waals surface area contributed by atoms with Gasteiger partial charge in [0.25, 0.3) is 5.91 Å². The molecule has 0 radical (unpaired) electrons. The minimum atomic E-state index is -1.66. The van der Waals surface area contributed by atoms with Crippen LogP contribution in [0.25, 0.3) is 0 Å². The van der Waals surface area contributed by atoms with E-state index in [1.54, 1.807) is 0 Å². The molecule has 1 aromatic carbocycles. The fraction of sp³-hybridized carbons (Fsp3) is 0.231. The van der Waals surface area contributed by atoms with Crippen LogP contribution in [0.4, 0.5) is 8.78 Å². The minimum Gasteiger partial charge on any atom is -0.496 e. The summed E-state index contributed by atoms with van der Waals surface area (Å²) in [4.78, 5) is 23.7. The van der Waals surface area contributed by atoms with Crippen LogP contribution in [-0.4, -0.2) is 42.1 Å². The number of ether oxygens (including phenoxy) is 1. The van der Waals surface area contributed by atoms with Gasteiger partial charge >= 0.3 is 5.97 Å². The summed E-state index contributed by atoms with van der Waals surface area (Å²) >= 11 is 0. The van der Waals surface area contributed by atoms with Gasteiger partial charge in [-0.25, -0.2) is 9.18 Å². The summed E-state index contributed by atoms with van der Waals surface area (Å²) in [6.07, 6.45) is 0. The molecule has 106 valence electrons. The normalized spacial score (nSPS) is 13.8. The number of methoxy groups -OCH3 is 1. The number of halogens is 2. The van der Waals surface area contributed by atoms with Crippen LogP contribution in [0.3, 0.4) is 0 Å².